The fourth-order valence-corrected chi connectivity index (χ4v) is 1.75. The second-order valence-corrected chi connectivity index (χ2v) is 3.54. The largest absolute Gasteiger partial charge is 0.321 e. The highest BCUT2D eigenvalue weighted by molar-refractivity contribution is 5.75. The van der Waals surface area contributed by atoms with Crippen LogP contribution in [0.1, 0.15) is 5.69 Å². The molecule has 1 aromatic carbocycles. The Hall–Kier alpha value is -2.37. The number of hydrogen-bond donors (Lipinski definition) is 1. The first-order valence-electron chi connectivity index (χ1n) is 4.89. The molecule has 0 radical (unpaired) electrons. The van der Waals surface area contributed by atoms with Crippen molar-refractivity contribution in [3.63, 3.8) is 0 Å². The van der Waals surface area contributed by atoms with Gasteiger partial charge in [-0.25, -0.2) is 4.68 Å². The van der Waals surface area contributed by atoms with E-state index in [-0.39, 0.29) is 0 Å². The monoisotopic (exact) mass is 214 g/mol. The number of rotatable bonds is 1. The van der Waals surface area contributed by atoms with Gasteiger partial charge in [0.1, 0.15) is 0 Å². The number of benzene rings is 1. The van der Waals surface area contributed by atoms with Gasteiger partial charge in [0, 0.05) is 0 Å². The minimum atomic E-state index is 0.672. The van der Waals surface area contributed by atoms with E-state index in [1.54, 1.807) is 4.68 Å². The summed E-state index contributed by atoms with van der Waals surface area (Å²) in [6.45, 7) is 1.88. The Morgan fingerprint density at radius 2 is 1.94 bits per heavy atom. The molecule has 0 saturated heterocycles. The lowest BCUT2D eigenvalue weighted by molar-refractivity contribution is 0.764. The van der Waals surface area contributed by atoms with Crippen molar-refractivity contribution in [2.24, 2.45) is 0 Å². The predicted octanol–water partition coefficient (Wildman–Crippen LogP) is 0.639. The van der Waals surface area contributed by atoms with Crippen LogP contribution in [0.25, 0.3) is 16.9 Å². The fraction of sp³-hybridized carbons (Fsp3) is 0.100. The smallest absolute Gasteiger partial charge is 0.207 e. The van der Waals surface area contributed by atoms with Crippen molar-refractivity contribution >= 4 is 11.2 Å². The number of para-hydroxylation sites is 1. The second-order valence-electron chi connectivity index (χ2n) is 3.54. The quantitative estimate of drug-likeness (QED) is 0.603. The molecule has 2 N–H and O–H groups in total. The van der Waals surface area contributed by atoms with Crippen molar-refractivity contribution < 1.29 is 0 Å². The molecular weight excluding hydrogens is 204 g/mol. The maximum atomic E-state index is 5.66. The Labute approximate surface area is 91.2 Å². The first-order valence-corrected chi connectivity index (χ1v) is 4.89. The summed E-state index contributed by atoms with van der Waals surface area (Å²) in [5, 5.41) is 12.2. The number of fused-ring (bicyclic) bond motifs is 1. The standard InChI is InChI=1S/C10H10N6/c1-7-9-10(12-14-16(9)11)15(13-7)8-5-3-2-4-6-8/h2-6H,11H2,1H3. The van der Waals surface area contributed by atoms with Gasteiger partial charge in [-0.3, -0.25) is 0 Å². The van der Waals surface area contributed by atoms with E-state index in [0.29, 0.717) is 5.65 Å². The molecule has 6 heteroatoms. The Morgan fingerprint density at radius 1 is 1.19 bits per heavy atom. The zero-order valence-electron chi connectivity index (χ0n) is 8.70. The molecule has 0 atom stereocenters. The van der Waals surface area contributed by atoms with Gasteiger partial charge in [-0.1, -0.05) is 18.2 Å². The molecule has 0 aliphatic heterocycles. The third kappa shape index (κ3) is 1.10. The Kier molecular flexibility index (Phi) is 1.70. The van der Waals surface area contributed by atoms with E-state index in [4.69, 9.17) is 5.84 Å². The molecule has 6 nitrogen and oxygen atoms in total. The summed E-state index contributed by atoms with van der Waals surface area (Å²) in [5.74, 6) is 5.66. The van der Waals surface area contributed by atoms with Gasteiger partial charge in [-0.15, -0.1) is 5.10 Å². The molecule has 0 spiro atoms. The maximum absolute atomic E-state index is 5.66. The van der Waals surface area contributed by atoms with Gasteiger partial charge in [-0.05, 0) is 24.3 Å². The van der Waals surface area contributed by atoms with E-state index < -0.39 is 0 Å². The summed E-state index contributed by atoms with van der Waals surface area (Å²) in [7, 11) is 0. The number of nitrogens with zero attached hydrogens (tertiary/aromatic N) is 5. The van der Waals surface area contributed by atoms with Crippen molar-refractivity contribution in [2.75, 3.05) is 5.84 Å². The van der Waals surface area contributed by atoms with E-state index in [0.717, 1.165) is 16.9 Å². The Balaban J connectivity index is 2.33. The first kappa shape index (κ1) is 8.90. The second kappa shape index (κ2) is 3.06. The summed E-state index contributed by atoms with van der Waals surface area (Å²) in [4.78, 5) is 1.25. The minimum Gasteiger partial charge on any atom is -0.321 e. The van der Waals surface area contributed by atoms with Crippen LogP contribution in [0, 0.1) is 6.92 Å². The molecule has 0 saturated carbocycles. The molecule has 0 aliphatic rings. The normalized spacial score (nSPS) is 11.1. The molecule has 16 heavy (non-hydrogen) atoms. The Bertz CT molecular complexity index is 636. The fourth-order valence-electron chi connectivity index (χ4n) is 1.75. The molecule has 0 amide bonds. The lowest BCUT2D eigenvalue weighted by Crippen LogP contribution is -2.10. The van der Waals surface area contributed by atoms with Gasteiger partial charge in [0.05, 0.1) is 11.4 Å². The van der Waals surface area contributed by atoms with Crippen LogP contribution in [-0.4, -0.2) is 24.9 Å². The average Bonchev–Trinajstić information content (AvgIpc) is 2.83. The third-order valence-corrected chi connectivity index (χ3v) is 2.47. The highest BCUT2D eigenvalue weighted by Gasteiger charge is 2.14. The van der Waals surface area contributed by atoms with Crippen LogP contribution >= 0.6 is 0 Å². The van der Waals surface area contributed by atoms with Crippen molar-refractivity contribution in [3.05, 3.63) is 36.0 Å². The van der Waals surface area contributed by atoms with Crippen LogP contribution in [0.3, 0.4) is 0 Å². The van der Waals surface area contributed by atoms with Crippen LogP contribution < -0.4 is 5.84 Å². The van der Waals surface area contributed by atoms with E-state index in [2.05, 4.69) is 15.4 Å². The van der Waals surface area contributed by atoms with E-state index in [9.17, 15) is 0 Å². The number of nitrogen functional groups attached to an aromatic ring is 1. The average molecular weight is 214 g/mol. The molecule has 0 aliphatic carbocycles. The van der Waals surface area contributed by atoms with Gasteiger partial charge >= 0.3 is 0 Å². The number of aromatic nitrogens is 5. The van der Waals surface area contributed by atoms with Crippen LogP contribution in [0.4, 0.5) is 0 Å². The molecule has 3 rings (SSSR count). The predicted molar refractivity (Wildman–Crippen MR) is 59.5 cm³/mol. The summed E-state index contributed by atoms with van der Waals surface area (Å²) in [6, 6.07) is 9.77. The lowest BCUT2D eigenvalue weighted by Gasteiger charge is -1.98. The maximum Gasteiger partial charge on any atom is 0.207 e. The van der Waals surface area contributed by atoms with Gasteiger partial charge in [0.25, 0.3) is 0 Å². The van der Waals surface area contributed by atoms with E-state index >= 15 is 0 Å². The topological polar surface area (TPSA) is 74.5 Å². The van der Waals surface area contributed by atoms with Crippen molar-refractivity contribution in [1.82, 2.24) is 24.9 Å². The molecule has 2 heterocycles. The highest BCUT2D eigenvalue weighted by Crippen LogP contribution is 2.17. The molecule has 3 aromatic rings. The van der Waals surface area contributed by atoms with Crippen LogP contribution in [0.15, 0.2) is 30.3 Å². The van der Waals surface area contributed by atoms with Crippen LogP contribution in [-0.2, 0) is 0 Å². The summed E-state index contributed by atoms with van der Waals surface area (Å²) in [5.41, 5.74) is 3.18. The molecule has 0 fully saturated rings. The van der Waals surface area contributed by atoms with Gasteiger partial charge in [0.15, 0.2) is 5.52 Å². The van der Waals surface area contributed by atoms with Gasteiger partial charge < -0.3 is 5.84 Å². The number of aryl methyl sites for hydroxylation is 1. The number of hydrogen-bond acceptors (Lipinski definition) is 4. The van der Waals surface area contributed by atoms with Crippen LogP contribution in [0.2, 0.25) is 0 Å². The van der Waals surface area contributed by atoms with Crippen molar-refractivity contribution in [3.8, 4) is 5.69 Å². The SMILES string of the molecule is Cc1nn(-c2ccccc2)c2nnn(N)c12. The molecule has 0 unspecified atom stereocenters. The van der Waals surface area contributed by atoms with Crippen molar-refractivity contribution in [1.29, 1.82) is 0 Å². The minimum absolute atomic E-state index is 0.672. The van der Waals surface area contributed by atoms with Crippen molar-refractivity contribution in [2.45, 2.75) is 6.92 Å². The third-order valence-electron chi connectivity index (χ3n) is 2.47. The van der Waals surface area contributed by atoms with Gasteiger partial charge in [-0.2, -0.15) is 9.89 Å². The molecule has 0 bridgehead atoms. The van der Waals surface area contributed by atoms with Gasteiger partial charge in [0.2, 0.25) is 5.65 Å². The first-order chi connectivity index (χ1) is 7.77. The molecular formula is C10H10N6. The summed E-state index contributed by atoms with van der Waals surface area (Å²) in [6.07, 6.45) is 0. The lowest BCUT2D eigenvalue weighted by atomic mass is 10.3. The summed E-state index contributed by atoms with van der Waals surface area (Å²) < 4.78 is 1.74. The zero-order valence-corrected chi connectivity index (χ0v) is 8.70. The number of nitrogens with two attached hydrogens (primary N) is 1. The van der Waals surface area contributed by atoms with E-state index in [1.165, 1.54) is 4.79 Å². The Morgan fingerprint density at radius 3 is 2.69 bits per heavy atom. The zero-order chi connectivity index (χ0) is 11.1. The van der Waals surface area contributed by atoms with E-state index in [1.807, 2.05) is 37.3 Å². The summed E-state index contributed by atoms with van der Waals surface area (Å²) >= 11 is 0. The highest BCUT2D eigenvalue weighted by atomic mass is 15.6. The molecule has 2 aromatic heterocycles. The molecule has 80 valence electrons. The van der Waals surface area contributed by atoms with Crippen LogP contribution in [0.5, 0.6) is 0 Å².